The Kier molecular flexibility index (Phi) is 6.15. The Balaban J connectivity index is 1.42. The second-order valence-corrected chi connectivity index (χ2v) is 8.50. The zero-order chi connectivity index (χ0) is 22.0. The predicted molar refractivity (Wildman–Crippen MR) is 119 cm³/mol. The van der Waals surface area contributed by atoms with Crippen LogP contribution in [0.3, 0.4) is 0 Å². The quantitative estimate of drug-likeness (QED) is 0.704. The van der Waals surface area contributed by atoms with E-state index in [1.165, 1.54) is 6.07 Å². The summed E-state index contributed by atoms with van der Waals surface area (Å²) in [6.45, 7) is 1.95. The number of nitriles is 1. The molecule has 1 saturated carbocycles. The van der Waals surface area contributed by atoms with Gasteiger partial charge in [-0.3, -0.25) is 9.79 Å². The maximum Gasteiger partial charge on any atom is 0.238 e. The first-order chi connectivity index (χ1) is 15.0. The maximum atomic E-state index is 14.8. The molecule has 2 aromatic carbocycles. The third-order valence-electron chi connectivity index (χ3n) is 6.56. The van der Waals surface area contributed by atoms with Crippen molar-refractivity contribution >= 4 is 11.6 Å². The highest BCUT2D eigenvalue weighted by atomic mass is 19.1. The van der Waals surface area contributed by atoms with E-state index in [0.717, 1.165) is 41.7 Å². The second-order valence-electron chi connectivity index (χ2n) is 8.50. The lowest BCUT2D eigenvalue weighted by Gasteiger charge is -2.23. The third kappa shape index (κ3) is 4.52. The van der Waals surface area contributed by atoms with E-state index in [-0.39, 0.29) is 24.2 Å². The summed E-state index contributed by atoms with van der Waals surface area (Å²) in [5.74, 6) is -0.179. The zero-order valence-electron chi connectivity index (χ0n) is 17.9. The van der Waals surface area contributed by atoms with Crippen LogP contribution in [0.5, 0.6) is 0 Å². The van der Waals surface area contributed by atoms with Crippen LogP contribution < -0.4 is 10.6 Å². The van der Waals surface area contributed by atoms with Crippen molar-refractivity contribution in [1.82, 2.24) is 10.6 Å². The van der Waals surface area contributed by atoms with E-state index in [0.29, 0.717) is 17.5 Å². The van der Waals surface area contributed by atoms with Crippen molar-refractivity contribution in [2.75, 3.05) is 7.05 Å². The van der Waals surface area contributed by atoms with Gasteiger partial charge in [-0.05, 0) is 60.4 Å². The van der Waals surface area contributed by atoms with Crippen LogP contribution >= 0.6 is 0 Å². The molecule has 1 heterocycles. The fourth-order valence-electron chi connectivity index (χ4n) is 4.69. The molecular weight excluding hydrogens is 391 g/mol. The maximum absolute atomic E-state index is 14.8. The Labute approximate surface area is 182 Å². The number of halogens is 1. The lowest BCUT2D eigenvalue weighted by molar-refractivity contribution is -0.124. The van der Waals surface area contributed by atoms with Crippen molar-refractivity contribution in [3.8, 4) is 17.2 Å². The summed E-state index contributed by atoms with van der Waals surface area (Å²) in [6.07, 6.45) is 3.33. The van der Waals surface area contributed by atoms with Crippen molar-refractivity contribution in [3.05, 3.63) is 59.4 Å². The number of piperidine rings is 1. The van der Waals surface area contributed by atoms with Crippen LogP contribution in [0.15, 0.2) is 47.5 Å². The van der Waals surface area contributed by atoms with Crippen molar-refractivity contribution in [2.24, 2.45) is 10.9 Å². The predicted octanol–water partition coefficient (Wildman–Crippen LogP) is 3.62. The zero-order valence-corrected chi connectivity index (χ0v) is 17.9. The van der Waals surface area contributed by atoms with Crippen molar-refractivity contribution in [2.45, 2.75) is 50.7 Å². The van der Waals surface area contributed by atoms with Crippen molar-refractivity contribution in [3.63, 3.8) is 0 Å². The van der Waals surface area contributed by atoms with Gasteiger partial charge >= 0.3 is 0 Å². The van der Waals surface area contributed by atoms with Gasteiger partial charge in [0.05, 0.1) is 12.1 Å². The fraction of sp³-hybridized carbons (Fsp3) is 0.400. The highest BCUT2D eigenvalue weighted by Crippen LogP contribution is 2.35. The van der Waals surface area contributed by atoms with Gasteiger partial charge in [0.2, 0.25) is 5.91 Å². The van der Waals surface area contributed by atoms with Crippen LogP contribution in [0.1, 0.15) is 37.3 Å². The molecule has 0 radical (unpaired) electrons. The summed E-state index contributed by atoms with van der Waals surface area (Å²) in [6, 6.07) is 14.4. The summed E-state index contributed by atoms with van der Waals surface area (Å²) >= 11 is 0. The average molecular weight is 419 g/mol. The number of rotatable bonds is 6. The number of fused-ring (bicyclic) bond motifs is 2. The lowest BCUT2D eigenvalue weighted by atomic mass is 9.97. The Morgan fingerprint density at radius 2 is 2.00 bits per heavy atom. The van der Waals surface area contributed by atoms with Gasteiger partial charge in [0.25, 0.3) is 0 Å². The molecule has 4 unspecified atom stereocenters. The minimum absolute atomic E-state index is 0.139. The topological polar surface area (TPSA) is 77.3 Å². The normalized spacial score (nSPS) is 23.4. The Morgan fingerprint density at radius 3 is 2.58 bits per heavy atom. The average Bonchev–Trinajstić information content (AvgIpc) is 3.43. The molecule has 2 N–H and O–H groups in total. The number of carbonyl (C=O) groups excluding carboxylic acids is 1. The van der Waals surface area contributed by atoms with Gasteiger partial charge < -0.3 is 10.6 Å². The first kappa shape index (κ1) is 21.2. The Morgan fingerprint density at radius 1 is 1.26 bits per heavy atom. The van der Waals surface area contributed by atoms with Gasteiger partial charge in [-0.25, -0.2) is 4.39 Å². The number of amides is 1. The van der Waals surface area contributed by atoms with Gasteiger partial charge in [-0.15, -0.1) is 0 Å². The van der Waals surface area contributed by atoms with E-state index in [4.69, 9.17) is 0 Å². The molecule has 2 fully saturated rings. The highest BCUT2D eigenvalue weighted by Gasteiger charge is 2.43. The standard InChI is InChI=1S/C25H27FN4O/c1-15(28-2)16-3-5-17(6-4-16)18-7-8-19(23(26)13-18)11-22(14-27)30-25(31)24-20-9-10-21(12-20)29-24/h3-8,13,20-22,24,29H,9-12H2,1-2H3,(H,30,31). The molecule has 2 aromatic rings. The van der Waals surface area contributed by atoms with Gasteiger partial charge in [-0.1, -0.05) is 36.4 Å². The first-order valence-corrected chi connectivity index (χ1v) is 10.8. The Hall–Kier alpha value is -3.04. The molecule has 1 saturated heterocycles. The number of carbonyl (C=O) groups is 1. The van der Waals surface area contributed by atoms with E-state index >= 15 is 0 Å². The number of benzene rings is 2. The van der Waals surface area contributed by atoms with Crippen LogP contribution in [0.4, 0.5) is 4.39 Å². The number of hydrogen-bond acceptors (Lipinski definition) is 4. The van der Waals surface area contributed by atoms with Gasteiger partial charge in [0, 0.05) is 25.2 Å². The van der Waals surface area contributed by atoms with Crippen LogP contribution in [-0.2, 0) is 11.2 Å². The highest BCUT2D eigenvalue weighted by molar-refractivity contribution is 5.98. The van der Waals surface area contributed by atoms with E-state index in [2.05, 4.69) is 21.7 Å². The molecule has 6 heteroatoms. The summed E-state index contributed by atoms with van der Waals surface area (Å²) in [5, 5.41) is 15.6. The molecule has 4 rings (SSSR count). The third-order valence-corrected chi connectivity index (χ3v) is 6.56. The molecule has 2 aliphatic rings. The minimum atomic E-state index is -0.760. The second kappa shape index (κ2) is 8.99. The number of hydrogen-bond donors (Lipinski definition) is 2. The molecule has 2 bridgehead atoms. The van der Waals surface area contributed by atoms with Crippen LogP contribution in [0.2, 0.25) is 0 Å². The molecule has 1 aliphatic heterocycles. The number of nitrogens with zero attached hydrogens (tertiary/aromatic N) is 2. The van der Waals surface area contributed by atoms with Gasteiger partial charge in [0.15, 0.2) is 0 Å². The molecule has 31 heavy (non-hydrogen) atoms. The monoisotopic (exact) mass is 418 g/mol. The fourth-order valence-corrected chi connectivity index (χ4v) is 4.69. The SMILES string of the molecule is CN=C(C)c1ccc(-c2ccc(CC(C#N)NC(=O)C3NC4CCC3C4)c(F)c2)cc1. The Bertz CT molecular complexity index is 1040. The van der Waals surface area contributed by atoms with E-state index in [1.54, 1.807) is 13.1 Å². The van der Waals surface area contributed by atoms with Gasteiger partial charge in [0.1, 0.15) is 11.9 Å². The molecular formula is C25H27FN4O. The molecule has 0 spiro atoms. The van der Waals surface area contributed by atoms with Crippen LogP contribution in [0, 0.1) is 23.1 Å². The largest absolute Gasteiger partial charge is 0.339 e. The molecule has 4 atom stereocenters. The number of aliphatic imine (C=N–C) groups is 1. The van der Waals surface area contributed by atoms with Crippen molar-refractivity contribution in [1.29, 1.82) is 5.26 Å². The summed E-state index contributed by atoms with van der Waals surface area (Å²) in [7, 11) is 1.75. The lowest BCUT2D eigenvalue weighted by Crippen LogP contribution is -2.50. The van der Waals surface area contributed by atoms with E-state index < -0.39 is 6.04 Å². The summed E-state index contributed by atoms with van der Waals surface area (Å²) in [5.41, 5.74) is 4.06. The molecule has 1 amide bonds. The summed E-state index contributed by atoms with van der Waals surface area (Å²) in [4.78, 5) is 16.8. The molecule has 1 aliphatic carbocycles. The molecule has 0 aromatic heterocycles. The summed E-state index contributed by atoms with van der Waals surface area (Å²) < 4.78 is 14.8. The first-order valence-electron chi connectivity index (χ1n) is 10.8. The van der Waals surface area contributed by atoms with Crippen molar-refractivity contribution < 1.29 is 9.18 Å². The molecule has 5 nitrogen and oxygen atoms in total. The van der Waals surface area contributed by atoms with Crippen LogP contribution in [0.25, 0.3) is 11.1 Å². The van der Waals surface area contributed by atoms with E-state index in [1.807, 2.05) is 37.3 Å². The van der Waals surface area contributed by atoms with E-state index in [9.17, 15) is 14.4 Å². The smallest absolute Gasteiger partial charge is 0.238 e. The molecule has 160 valence electrons. The number of nitrogens with one attached hydrogen (secondary N) is 2. The van der Waals surface area contributed by atoms with Gasteiger partial charge in [-0.2, -0.15) is 5.26 Å². The minimum Gasteiger partial charge on any atom is -0.339 e. The van der Waals surface area contributed by atoms with Crippen LogP contribution in [-0.4, -0.2) is 36.8 Å².